The Morgan fingerprint density at radius 1 is 1.10 bits per heavy atom. The van der Waals surface area contributed by atoms with E-state index in [-0.39, 0.29) is 5.56 Å². The Morgan fingerprint density at radius 3 is 2.35 bits per heavy atom. The average molecular weight is 273 g/mol. The van der Waals surface area contributed by atoms with Crippen molar-refractivity contribution in [1.82, 2.24) is 5.32 Å². The van der Waals surface area contributed by atoms with Gasteiger partial charge < -0.3 is 10.4 Å². The van der Waals surface area contributed by atoms with Gasteiger partial charge in [-0.25, -0.2) is 4.39 Å². The Morgan fingerprint density at radius 2 is 1.70 bits per heavy atom. The van der Waals surface area contributed by atoms with Crippen LogP contribution in [0.25, 0.3) is 0 Å². The molecule has 3 nitrogen and oxygen atoms in total. The van der Waals surface area contributed by atoms with E-state index in [4.69, 9.17) is 0 Å². The molecule has 2 atom stereocenters. The summed E-state index contributed by atoms with van der Waals surface area (Å²) in [5.41, 5.74) is 0.674. The number of aliphatic hydroxyl groups is 1. The molecule has 0 aliphatic rings. The smallest absolute Gasteiger partial charge is 0.254 e. The standard InChI is InChI=1S/C16H16FNO2/c1-11(15(19)12-7-3-2-4-8-12)18-16(20)13-9-5-6-10-14(13)17/h2-11,15,19H,1H3,(H,18,20)/t11-,15-/m1/s1. The number of carbonyl (C=O) groups is 1. The van der Waals surface area contributed by atoms with Crippen LogP contribution in [0.5, 0.6) is 0 Å². The maximum atomic E-state index is 13.5. The highest BCUT2D eigenvalue weighted by molar-refractivity contribution is 5.94. The zero-order valence-electron chi connectivity index (χ0n) is 11.1. The quantitative estimate of drug-likeness (QED) is 0.899. The molecule has 0 spiro atoms. The fourth-order valence-electron chi connectivity index (χ4n) is 1.95. The zero-order chi connectivity index (χ0) is 14.5. The monoisotopic (exact) mass is 273 g/mol. The largest absolute Gasteiger partial charge is 0.386 e. The van der Waals surface area contributed by atoms with Gasteiger partial charge in [0, 0.05) is 0 Å². The summed E-state index contributed by atoms with van der Waals surface area (Å²) in [5, 5.41) is 12.8. The predicted molar refractivity (Wildman–Crippen MR) is 74.7 cm³/mol. The van der Waals surface area contributed by atoms with Gasteiger partial charge in [0.05, 0.1) is 17.7 Å². The number of benzene rings is 2. The Balaban J connectivity index is 2.07. The Bertz CT molecular complexity index is 586. The first-order valence-corrected chi connectivity index (χ1v) is 6.38. The molecule has 0 bridgehead atoms. The lowest BCUT2D eigenvalue weighted by Crippen LogP contribution is -2.37. The molecule has 0 aliphatic heterocycles. The van der Waals surface area contributed by atoms with Crippen LogP contribution in [-0.2, 0) is 0 Å². The van der Waals surface area contributed by atoms with Crippen molar-refractivity contribution in [2.75, 3.05) is 0 Å². The molecule has 1 amide bonds. The van der Waals surface area contributed by atoms with Crippen LogP contribution in [0.4, 0.5) is 4.39 Å². The van der Waals surface area contributed by atoms with Gasteiger partial charge in [0.2, 0.25) is 0 Å². The van der Waals surface area contributed by atoms with Crippen LogP contribution in [-0.4, -0.2) is 17.1 Å². The van der Waals surface area contributed by atoms with E-state index in [1.165, 1.54) is 18.2 Å². The summed E-state index contributed by atoms with van der Waals surface area (Å²) in [6.45, 7) is 1.68. The Kier molecular flexibility index (Phi) is 4.48. The molecular weight excluding hydrogens is 257 g/mol. The van der Waals surface area contributed by atoms with Crippen molar-refractivity contribution in [3.8, 4) is 0 Å². The van der Waals surface area contributed by atoms with Gasteiger partial charge in [0.1, 0.15) is 5.82 Å². The molecule has 0 aromatic heterocycles. The molecule has 2 rings (SSSR count). The lowest BCUT2D eigenvalue weighted by Gasteiger charge is -2.20. The first-order valence-electron chi connectivity index (χ1n) is 6.38. The third-order valence-electron chi connectivity index (χ3n) is 3.09. The number of rotatable bonds is 4. The maximum Gasteiger partial charge on any atom is 0.254 e. The van der Waals surface area contributed by atoms with Gasteiger partial charge in [0.15, 0.2) is 0 Å². The van der Waals surface area contributed by atoms with E-state index in [2.05, 4.69) is 5.32 Å². The van der Waals surface area contributed by atoms with E-state index in [1.54, 1.807) is 25.1 Å². The van der Waals surface area contributed by atoms with E-state index in [1.807, 2.05) is 18.2 Å². The second kappa shape index (κ2) is 6.30. The van der Waals surface area contributed by atoms with Crippen molar-refractivity contribution in [3.05, 3.63) is 71.5 Å². The normalized spacial score (nSPS) is 13.6. The zero-order valence-corrected chi connectivity index (χ0v) is 11.1. The third-order valence-corrected chi connectivity index (χ3v) is 3.09. The topological polar surface area (TPSA) is 49.3 Å². The molecule has 0 fully saturated rings. The number of hydrogen-bond donors (Lipinski definition) is 2. The van der Waals surface area contributed by atoms with Crippen LogP contribution in [0.1, 0.15) is 28.9 Å². The van der Waals surface area contributed by atoms with Gasteiger partial charge in [-0.1, -0.05) is 42.5 Å². The summed E-state index contributed by atoms with van der Waals surface area (Å²) in [6, 6.07) is 14.2. The van der Waals surface area contributed by atoms with Gasteiger partial charge in [-0.3, -0.25) is 4.79 Å². The summed E-state index contributed by atoms with van der Waals surface area (Å²) in [7, 11) is 0. The summed E-state index contributed by atoms with van der Waals surface area (Å²) in [4.78, 5) is 11.9. The second-order valence-corrected chi connectivity index (χ2v) is 4.60. The highest BCUT2D eigenvalue weighted by Crippen LogP contribution is 2.16. The second-order valence-electron chi connectivity index (χ2n) is 4.60. The van der Waals surface area contributed by atoms with Crippen LogP contribution >= 0.6 is 0 Å². The van der Waals surface area contributed by atoms with Gasteiger partial charge >= 0.3 is 0 Å². The molecule has 20 heavy (non-hydrogen) atoms. The van der Waals surface area contributed by atoms with Crippen LogP contribution < -0.4 is 5.32 Å². The highest BCUT2D eigenvalue weighted by Gasteiger charge is 2.20. The van der Waals surface area contributed by atoms with Crippen molar-refractivity contribution in [2.24, 2.45) is 0 Å². The van der Waals surface area contributed by atoms with E-state index in [0.29, 0.717) is 5.56 Å². The molecule has 0 heterocycles. The molecule has 4 heteroatoms. The number of nitrogens with one attached hydrogen (secondary N) is 1. The van der Waals surface area contributed by atoms with Crippen molar-refractivity contribution < 1.29 is 14.3 Å². The first kappa shape index (κ1) is 14.2. The maximum absolute atomic E-state index is 13.5. The fourth-order valence-corrected chi connectivity index (χ4v) is 1.95. The molecule has 0 saturated heterocycles. The summed E-state index contributed by atoms with van der Waals surface area (Å²) >= 11 is 0. The molecule has 104 valence electrons. The summed E-state index contributed by atoms with van der Waals surface area (Å²) < 4.78 is 13.5. The lowest BCUT2D eigenvalue weighted by atomic mass is 10.0. The van der Waals surface area contributed by atoms with Crippen LogP contribution in [0.15, 0.2) is 54.6 Å². The number of amides is 1. The van der Waals surface area contributed by atoms with Crippen molar-refractivity contribution in [3.63, 3.8) is 0 Å². The van der Waals surface area contributed by atoms with Crippen LogP contribution in [0, 0.1) is 5.82 Å². The fraction of sp³-hybridized carbons (Fsp3) is 0.188. The molecule has 0 radical (unpaired) electrons. The number of carbonyl (C=O) groups excluding carboxylic acids is 1. The van der Waals surface area contributed by atoms with E-state index in [9.17, 15) is 14.3 Å². The molecule has 0 saturated carbocycles. The summed E-state index contributed by atoms with van der Waals surface area (Å²) in [5.74, 6) is -1.11. The molecular formula is C16H16FNO2. The SMILES string of the molecule is C[C@@H](NC(=O)c1ccccc1F)[C@@H](O)c1ccccc1. The van der Waals surface area contributed by atoms with Crippen LogP contribution in [0.2, 0.25) is 0 Å². The van der Waals surface area contributed by atoms with E-state index in [0.717, 1.165) is 0 Å². The highest BCUT2D eigenvalue weighted by atomic mass is 19.1. The predicted octanol–water partition coefficient (Wildman–Crippen LogP) is 2.68. The third kappa shape index (κ3) is 3.22. The van der Waals surface area contributed by atoms with Crippen LogP contribution in [0.3, 0.4) is 0 Å². The minimum absolute atomic E-state index is 0.0281. The number of aliphatic hydroxyl groups excluding tert-OH is 1. The number of halogens is 1. The van der Waals surface area contributed by atoms with E-state index >= 15 is 0 Å². The summed E-state index contributed by atoms with van der Waals surface area (Å²) in [6.07, 6.45) is -0.841. The van der Waals surface area contributed by atoms with Gasteiger partial charge in [-0.2, -0.15) is 0 Å². The van der Waals surface area contributed by atoms with Crippen molar-refractivity contribution in [1.29, 1.82) is 0 Å². The first-order chi connectivity index (χ1) is 9.59. The molecule has 0 aliphatic carbocycles. The van der Waals surface area contributed by atoms with Crippen molar-refractivity contribution >= 4 is 5.91 Å². The van der Waals surface area contributed by atoms with Gasteiger partial charge in [-0.05, 0) is 24.6 Å². The van der Waals surface area contributed by atoms with Crippen molar-refractivity contribution in [2.45, 2.75) is 19.1 Å². The Labute approximate surface area is 117 Å². The Hall–Kier alpha value is -2.20. The molecule has 2 aromatic rings. The lowest BCUT2D eigenvalue weighted by molar-refractivity contribution is 0.0848. The molecule has 2 N–H and O–H groups in total. The molecule has 2 aromatic carbocycles. The van der Waals surface area contributed by atoms with Gasteiger partial charge in [-0.15, -0.1) is 0 Å². The minimum atomic E-state index is -0.841. The number of hydrogen-bond acceptors (Lipinski definition) is 2. The van der Waals surface area contributed by atoms with Gasteiger partial charge in [0.25, 0.3) is 5.91 Å². The molecule has 0 unspecified atom stereocenters. The van der Waals surface area contributed by atoms with E-state index < -0.39 is 23.9 Å². The average Bonchev–Trinajstić information content (AvgIpc) is 2.47. The minimum Gasteiger partial charge on any atom is -0.386 e.